The molecule has 106 valence electrons. The van der Waals surface area contributed by atoms with Crippen molar-refractivity contribution < 1.29 is 46.6 Å². The normalized spacial score (nSPS) is 8.42. The number of carboxylic acids is 1. The van der Waals surface area contributed by atoms with E-state index in [1.54, 1.807) is 0 Å². The van der Waals surface area contributed by atoms with Gasteiger partial charge in [0.2, 0.25) is 0 Å². The van der Waals surface area contributed by atoms with Crippen molar-refractivity contribution in [3.8, 4) is 0 Å². The van der Waals surface area contributed by atoms with Gasteiger partial charge in [-0.3, -0.25) is 9.59 Å². The summed E-state index contributed by atoms with van der Waals surface area (Å²) < 4.78 is 8.22. The van der Waals surface area contributed by atoms with E-state index < -0.39 is 30.2 Å². The van der Waals surface area contributed by atoms with Gasteiger partial charge in [-0.2, -0.15) is 0 Å². The summed E-state index contributed by atoms with van der Waals surface area (Å²) in [5, 5.41) is 16.8. The molecule has 0 spiro atoms. The van der Waals surface area contributed by atoms with E-state index in [-0.39, 0.29) is 18.8 Å². The van der Waals surface area contributed by atoms with Gasteiger partial charge in [0.15, 0.2) is 0 Å². The van der Waals surface area contributed by atoms with Gasteiger partial charge in [0.1, 0.15) is 12.5 Å². The molecule has 11 heteroatoms. The maximum atomic E-state index is 11.0. The van der Waals surface area contributed by atoms with E-state index in [1.807, 2.05) is 5.32 Å². The molecule has 0 saturated heterocycles. The number of nitrogens with one attached hydrogen (secondary N) is 1. The van der Waals surface area contributed by atoms with Crippen LogP contribution in [0.25, 0.3) is 10.6 Å². The van der Waals surface area contributed by atoms with Crippen molar-refractivity contribution in [3.05, 3.63) is 10.6 Å². The average Bonchev–Trinajstić information content (AvgIpc) is 2.42. The van der Waals surface area contributed by atoms with Gasteiger partial charge in [0.25, 0.3) is 5.91 Å². The second-order valence-electron chi connectivity index (χ2n) is 2.68. The summed E-state index contributed by atoms with van der Waals surface area (Å²) in [7, 11) is 0. The molecule has 0 unspecified atom stereocenters. The first-order chi connectivity index (χ1) is 8.97. The molecule has 0 heterocycles. The van der Waals surface area contributed by atoms with Crippen LogP contribution in [-0.2, 0) is 54.2 Å². The van der Waals surface area contributed by atoms with Crippen LogP contribution in [-0.4, -0.2) is 54.2 Å². The molecule has 0 aromatic heterocycles. The number of carboxylic acid groups (broad SMARTS) is 1. The SMILES string of the molecule is O=C(O)CNC(=O)C(=O)[N-]CC[N-]C(=O)C[S-].[O]=[99Tc+3]. The summed E-state index contributed by atoms with van der Waals surface area (Å²) in [5.41, 5.74) is 0. The van der Waals surface area contributed by atoms with E-state index in [1.165, 1.54) is 0 Å². The van der Waals surface area contributed by atoms with Crippen LogP contribution >= 0.6 is 0 Å². The molecule has 0 aromatic carbocycles. The zero-order valence-corrected chi connectivity index (χ0v) is 12.2. The molecule has 0 atom stereocenters. The van der Waals surface area contributed by atoms with Crippen LogP contribution in [0.4, 0.5) is 0 Å². The molecule has 0 rings (SSSR count). The number of carbonyl (C=O) groups is 4. The number of aliphatic carboxylic acids is 1. The molecular weight excluding hydrogens is 365 g/mol. The zero-order valence-electron chi connectivity index (χ0n) is 9.50. The van der Waals surface area contributed by atoms with E-state index in [0.717, 1.165) is 18.9 Å². The van der Waals surface area contributed by atoms with Crippen molar-refractivity contribution in [3.63, 3.8) is 0 Å². The van der Waals surface area contributed by atoms with E-state index in [2.05, 4.69) is 23.3 Å². The van der Waals surface area contributed by atoms with Gasteiger partial charge < -0.3 is 43.3 Å². The predicted octanol–water partition coefficient (Wildman–Crippen LogP) is -1.59. The molecule has 0 aromatic rings. The Kier molecular flexibility index (Phi) is 13.8. The van der Waals surface area contributed by atoms with E-state index in [4.69, 9.17) is 8.61 Å². The number of rotatable bonds is 6. The van der Waals surface area contributed by atoms with Crippen LogP contribution in [0.1, 0.15) is 0 Å². The van der Waals surface area contributed by atoms with Crippen LogP contribution in [0, 0.1) is 0 Å². The van der Waals surface area contributed by atoms with Crippen LogP contribution in [0.3, 0.4) is 0 Å². The summed E-state index contributed by atoms with van der Waals surface area (Å²) in [4.78, 5) is 42.6. The van der Waals surface area contributed by atoms with Crippen molar-refractivity contribution in [1.82, 2.24) is 5.32 Å². The molecule has 0 fully saturated rings. The van der Waals surface area contributed by atoms with Gasteiger partial charge in [-0.25, -0.2) is 0 Å². The Balaban J connectivity index is 0. The summed E-state index contributed by atoms with van der Waals surface area (Å²) in [6.45, 7) is -0.813. The Bertz CT molecular complexity index is 340. The third-order valence-electron chi connectivity index (χ3n) is 1.36. The van der Waals surface area contributed by atoms with Crippen LogP contribution < -0.4 is 5.32 Å². The number of hydrogen-bond donors (Lipinski definition) is 2. The maximum absolute atomic E-state index is 11.0. The Morgan fingerprint density at radius 2 is 1.63 bits per heavy atom. The molecule has 0 saturated carbocycles. The second kappa shape index (κ2) is 13.1. The molecule has 2 N–H and O–H groups in total. The third kappa shape index (κ3) is 12.9. The standard InChI is InChI=1S/C8H13N3O5S.O.Tc/c12-5(4-17)9-1-2-10-7(15)8(16)11-3-6(13)14;;/h1-4H2,(H5,9,10,11,12,13,14,15,16,17);;/q;;+3/p-3/i;;1+1. The molecule has 9 nitrogen and oxygen atoms in total. The third-order valence-corrected chi connectivity index (χ3v) is 1.61. The van der Waals surface area contributed by atoms with Crippen molar-refractivity contribution in [2.24, 2.45) is 0 Å². The summed E-state index contributed by atoms with van der Waals surface area (Å²) in [6, 6.07) is 0. The summed E-state index contributed by atoms with van der Waals surface area (Å²) in [6.07, 6.45) is 0. The fourth-order valence-electron chi connectivity index (χ4n) is 0.675. The second-order valence-corrected chi connectivity index (χ2v) is 2.97. The predicted molar refractivity (Wildman–Crippen MR) is 60.0 cm³/mol. The molecule has 0 aliphatic rings. The molecule has 0 radical (unpaired) electrons. The topological polar surface area (TPSA) is 146 Å². The van der Waals surface area contributed by atoms with Gasteiger partial charge in [-0.05, 0) is 0 Å². The first-order valence-electron chi connectivity index (χ1n) is 4.62. The quantitative estimate of drug-likeness (QED) is 0.323. The van der Waals surface area contributed by atoms with Gasteiger partial charge in [-0.15, -0.1) is 18.8 Å². The average molecular weight is 375 g/mol. The Morgan fingerprint density at radius 1 is 1.11 bits per heavy atom. The van der Waals surface area contributed by atoms with E-state index in [0.29, 0.717) is 0 Å². The number of nitrogens with zero attached hydrogens (tertiary/aromatic N) is 2. The fourth-order valence-corrected chi connectivity index (χ4v) is 0.766. The molecule has 0 aliphatic heterocycles. The van der Waals surface area contributed by atoms with Crippen LogP contribution in [0.15, 0.2) is 0 Å². The minimum atomic E-state index is -1.27. The molecule has 0 bridgehead atoms. The molecule has 3 amide bonds. The van der Waals surface area contributed by atoms with Gasteiger partial charge >= 0.3 is 28.3 Å². The number of amides is 3. The summed E-state index contributed by atoms with van der Waals surface area (Å²) in [5.74, 6) is -4.11. The van der Waals surface area contributed by atoms with E-state index >= 15 is 0 Å². The van der Waals surface area contributed by atoms with Gasteiger partial charge in [0.05, 0.1) is 0 Å². The van der Waals surface area contributed by atoms with Crippen LogP contribution in [0.2, 0.25) is 0 Å². The summed E-state index contributed by atoms with van der Waals surface area (Å²) >= 11 is 5.32. The fraction of sp³-hybridized carbons (Fsp3) is 0.500. The number of hydrogen-bond acceptors (Lipinski definition) is 6. The first-order valence-corrected chi connectivity index (χ1v) is 5.96. The minimum absolute atomic E-state index is 0.0343. The molecular formula is C8H10N3O6STc. The van der Waals surface area contributed by atoms with Crippen molar-refractivity contribution in [1.29, 1.82) is 0 Å². The monoisotopic (exact) mass is 375 g/mol. The van der Waals surface area contributed by atoms with Crippen molar-refractivity contribution in [2.45, 2.75) is 0 Å². The van der Waals surface area contributed by atoms with E-state index in [9.17, 15) is 19.2 Å². The number of carbonyl (C=O) groups excluding carboxylic acids is 3. The Morgan fingerprint density at radius 3 is 2.11 bits per heavy atom. The van der Waals surface area contributed by atoms with Crippen molar-refractivity contribution >= 4 is 36.3 Å². The molecule has 0 aliphatic carbocycles. The zero-order chi connectivity index (χ0) is 15.3. The Hall–Kier alpha value is -1.32. The first kappa shape index (κ1) is 20.0. The van der Waals surface area contributed by atoms with Gasteiger partial charge in [0, 0.05) is 5.91 Å². The van der Waals surface area contributed by atoms with Gasteiger partial charge in [-0.1, -0.05) is 0 Å². The van der Waals surface area contributed by atoms with Crippen LogP contribution in [0.5, 0.6) is 0 Å². The van der Waals surface area contributed by atoms with Crippen molar-refractivity contribution in [2.75, 3.05) is 25.4 Å². The molecule has 19 heavy (non-hydrogen) atoms. The Labute approximate surface area is 124 Å².